The second-order valence-electron chi connectivity index (χ2n) is 7.12. The highest BCUT2D eigenvalue weighted by atomic mass is 16.5. The summed E-state index contributed by atoms with van der Waals surface area (Å²) in [6, 6.07) is 0. The Kier molecular flexibility index (Phi) is 16.9. The molecule has 0 aromatic rings. The van der Waals surface area contributed by atoms with Crippen LogP contribution in [0.4, 0.5) is 0 Å². The van der Waals surface area contributed by atoms with Crippen molar-refractivity contribution in [3.63, 3.8) is 0 Å². The molecule has 176 valence electrons. The van der Waals surface area contributed by atoms with Gasteiger partial charge >= 0.3 is 0 Å². The zero-order chi connectivity index (χ0) is 22.1. The molecule has 29 heavy (non-hydrogen) atoms. The van der Waals surface area contributed by atoms with Crippen LogP contribution >= 0.6 is 0 Å². The van der Waals surface area contributed by atoms with Gasteiger partial charge in [-0.15, -0.1) is 0 Å². The Morgan fingerprint density at radius 1 is 0.483 bits per heavy atom. The van der Waals surface area contributed by atoms with Gasteiger partial charge in [0, 0.05) is 26.2 Å². The zero-order valence-electron chi connectivity index (χ0n) is 17.0. The molecule has 12 heteroatoms. The number of hydrogen-bond acceptors (Lipinski definition) is 12. The molecule has 0 aliphatic heterocycles. The van der Waals surface area contributed by atoms with Crippen molar-refractivity contribution in [2.75, 3.05) is 79.0 Å². The van der Waals surface area contributed by atoms with E-state index in [1.807, 2.05) is 0 Å². The number of aliphatic hydroxyl groups is 4. The fourth-order valence-electron chi connectivity index (χ4n) is 2.17. The number of rotatable bonds is 20. The molecule has 0 radical (unpaired) electrons. The fourth-order valence-corrected chi connectivity index (χ4v) is 2.17. The van der Waals surface area contributed by atoms with Crippen molar-refractivity contribution in [3.05, 3.63) is 0 Å². The average molecular weight is 429 g/mol. The van der Waals surface area contributed by atoms with Crippen LogP contribution in [-0.2, 0) is 18.9 Å². The molecule has 0 aliphatic rings. The molecule has 4 unspecified atom stereocenters. The van der Waals surface area contributed by atoms with E-state index >= 15 is 0 Å². The van der Waals surface area contributed by atoms with Crippen LogP contribution in [0.2, 0.25) is 0 Å². The third-order valence-corrected chi connectivity index (χ3v) is 3.96. The highest BCUT2D eigenvalue weighted by molar-refractivity contribution is 4.80. The second kappa shape index (κ2) is 17.2. The summed E-state index contributed by atoms with van der Waals surface area (Å²) in [5.74, 6) is 0. The van der Waals surface area contributed by atoms with E-state index in [0.29, 0.717) is 0 Å². The average Bonchev–Trinajstić information content (AvgIpc) is 2.72. The maximum atomic E-state index is 9.61. The lowest BCUT2D eigenvalue weighted by molar-refractivity contribution is -0.130. The summed E-state index contributed by atoms with van der Waals surface area (Å²) in [5.41, 5.74) is 20.7. The topological polar surface area (TPSA) is 222 Å². The van der Waals surface area contributed by atoms with Gasteiger partial charge in [0.15, 0.2) is 0 Å². The fraction of sp³-hybridized carbons (Fsp3) is 1.00. The molecule has 0 aromatic carbocycles. The Labute approximate surface area is 172 Å². The molecule has 0 saturated carbocycles. The molecule has 0 bridgehead atoms. The normalized spacial score (nSPS) is 18.2. The first kappa shape index (κ1) is 28.5. The van der Waals surface area contributed by atoms with Crippen molar-refractivity contribution in [2.24, 2.45) is 28.3 Å². The summed E-state index contributed by atoms with van der Waals surface area (Å²) in [5, 5.41) is 38.4. The molecule has 0 aromatic heterocycles. The van der Waals surface area contributed by atoms with Gasteiger partial charge in [-0.3, -0.25) is 0 Å². The number of aliphatic hydroxyl groups excluding tert-OH is 4. The van der Waals surface area contributed by atoms with Crippen molar-refractivity contribution < 1.29 is 39.4 Å². The maximum Gasteiger partial charge on any atom is 0.0895 e. The number of ether oxygens (including phenoxy) is 4. The van der Waals surface area contributed by atoms with Gasteiger partial charge in [-0.05, 0) is 0 Å². The van der Waals surface area contributed by atoms with Gasteiger partial charge in [-0.25, -0.2) is 0 Å². The quantitative estimate of drug-likeness (QED) is 0.0916. The molecular weight excluding hydrogens is 388 g/mol. The van der Waals surface area contributed by atoms with Gasteiger partial charge < -0.3 is 62.3 Å². The lowest BCUT2D eigenvalue weighted by Crippen LogP contribution is -2.45. The molecule has 0 rings (SSSR count). The first-order chi connectivity index (χ1) is 13.8. The van der Waals surface area contributed by atoms with Gasteiger partial charge in [0.2, 0.25) is 0 Å². The molecule has 0 amide bonds. The van der Waals surface area contributed by atoms with E-state index < -0.39 is 29.8 Å². The zero-order valence-corrected chi connectivity index (χ0v) is 17.0. The van der Waals surface area contributed by atoms with Crippen LogP contribution in [0, 0.1) is 5.41 Å². The molecular formula is C17H40N4O8. The molecule has 12 N–H and O–H groups in total. The Morgan fingerprint density at radius 3 is 0.862 bits per heavy atom. The van der Waals surface area contributed by atoms with Crippen LogP contribution in [0.1, 0.15) is 0 Å². The SMILES string of the molecule is NCC(O)COCC(COCC(O)CN)(COCC(O)CN)COCC(O)CN. The highest BCUT2D eigenvalue weighted by Crippen LogP contribution is 2.21. The van der Waals surface area contributed by atoms with Gasteiger partial charge in [0.1, 0.15) is 0 Å². The van der Waals surface area contributed by atoms with Crippen molar-refractivity contribution in [1.82, 2.24) is 0 Å². The van der Waals surface area contributed by atoms with E-state index in [2.05, 4.69) is 0 Å². The van der Waals surface area contributed by atoms with Crippen molar-refractivity contribution >= 4 is 0 Å². The second-order valence-corrected chi connectivity index (χ2v) is 7.12. The van der Waals surface area contributed by atoms with Crippen molar-refractivity contribution in [3.8, 4) is 0 Å². The predicted molar refractivity (Wildman–Crippen MR) is 106 cm³/mol. The third-order valence-electron chi connectivity index (χ3n) is 3.96. The first-order valence-electron chi connectivity index (χ1n) is 9.66. The van der Waals surface area contributed by atoms with Crippen LogP contribution in [0.15, 0.2) is 0 Å². The summed E-state index contributed by atoms with van der Waals surface area (Å²) in [6.07, 6.45) is -3.31. The van der Waals surface area contributed by atoms with Crippen LogP contribution in [0.3, 0.4) is 0 Å². The smallest absolute Gasteiger partial charge is 0.0895 e. The van der Waals surface area contributed by atoms with E-state index in [9.17, 15) is 20.4 Å². The van der Waals surface area contributed by atoms with Gasteiger partial charge in [0.05, 0.1) is 82.7 Å². The van der Waals surface area contributed by atoms with E-state index in [0.717, 1.165) is 0 Å². The Bertz CT molecular complexity index is 314. The molecule has 0 saturated heterocycles. The van der Waals surface area contributed by atoms with Crippen molar-refractivity contribution in [2.45, 2.75) is 24.4 Å². The monoisotopic (exact) mass is 428 g/mol. The summed E-state index contributed by atoms with van der Waals surface area (Å²) < 4.78 is 22.3. The molecule has 4 atom stereocenters. The third kappa shape index (κ3) is 14.2. The number of nitrogens with two attached hydrogens (primary N) is 4. The van der Waals surface area contributed by atoms with E-state index in [1.165, 1.54) is 0 Å². The summed E-state index contributed by atoms with van der Waals surface area (Å²) in [4.78, 5) is 0. The summed E-state index contributed by atoms with van der Waals surface area (Å²) >= 11 is 0. The predicted octanol–water partition coefficient (Wildman–Crippen LogP) is -4.68. The van der Waals surface area contributed by atoms with Gasteiger partial charge in [-0.2, -0.15) is 0 Å². The van der Waals surface area contributed by atoms with Gasteiger partial charge in [-0.1, -0.05) is 0 Å². The molecule has 0 aliphatic carbocycles. The van der Waals surface area contributed by atoms with E-state index in [4.69, 9.17) is 41.9 Å². The van der Waals surface area contributed by atoms with E-state index in [-0.39, 0.29) is 79.0 Å². The Hall–Kier alpha value is -0.480. The highest BCUT2D eigenvalue weighted by Gasteiger charge is 2.33. The van der Waals surface area contributed by atoms with Crippen LogP contribution in [-0.4, -0.2) is 124 Å². The minimum Gasteiger partial charge on any atom is -0.389 e. The lowest BCUT2D eigenvalue weighted by atomic mass is 9.92. The minimum atomic E-state index is -0.856. The maximum absolute atomic E-state index is 9.61. The standard InChI is InChI=1S/C17H40N4O8/c18-1-13(22)5-26-9-17(10-27-6-14(23)2-19,11-28-7-15(24)3-20)12-29-8-16(25)4-21/h13-16,22-25H,1-12,18-21H2. The largest absolute Gasteiger partial charge is 0.389 e. The molecule has 0 spiro atoms. The molecule has 0 fully saturated rings. The van der Waals surface area contributed by atoms with Crippen LogP contribution in [0.25, 0.3) is 0 Å². The summed E-state index contributed by atoms with van der Waals surface area (Å²) in [6.45, 7) is 0.466. The number of hydrogen-bond donors (Lipinski definition) is 8. The Balaban J connectivity index is 5.05. The first-order valence-corrected chi connectivity index (χ1v) is 9.66. The van der Waals surface area contributed by atoms with Crippen LogP contribution < -0.4 is 22.9 Å². The molecule has 12 nitrogen and oxygen atoms in total. The van der Waals surface area contributed by atoms with Crippen LogP contribution in [0.5, 0.6) is 0 Å². The van der Waals surface area contributed by atoms with E-state index in [1.54, 1.807) is 0 Å². The van der Waals surface area contributed by atoms with Crippen molar-refractivity contribution in [1.29, 1.82) is 0 Å². The lowest BCUT2D eigenvalue weighted by Gasteiger charge is -2.34. The Morgan fingerprint density at radius 2 is 0.690 bits per heavy atom. The minimum absolute atomic E-state index is 0.000521. The molecule has 0 heterocycles. The summed E-state index contributed by atoms with van der Waals surface area (Å²) in [7, 11) is 0. The van der Waals surface area contributed by atoms with Gasteiger partial charge in [0.25, 0.3) is 0 Å².